The number of ether oxygens (including phenoxy) is 3. The van der Waals surface area contributed by atoms with E-state index in [2.05, 4.69) is 0 Å². The number of hydrogen-bond donors (Lipinski definition) is 1. The second-order valence-corrected chi connectivity index (χ2v) is 9.97. The van der Waals surface area contributed by atoms with E-state index in [4.69, 9.17) is 18.7 Å². The topological polar surface area (TPSA) is 74.2 Å². The molecule has 0 aliphatic heterocycles. The molecule has 0 fully saturated rings. The van der Waals surface area contributed by atoms with Crippen molar-refractivity contribution < 1.29 is 28.2 Å². The highest BCUT2D eigenvalue weighted by atomic mass is 31.2. The lowest BCUT2D eigenvalue weighted by atomic mass is 9.80. The van der Waals surface area contributed by atoms with Crippen molar-refractivity contribution in [3.8, 4) is 11.5 Å². The molecule has 4 aromatic rings. The van der Waals surface area contributed by atoms with Crippen molar-refractivity contribution in [1.29, 1.82) is 0 Å². The third kappa shape index (κ3) is 5.86. The molecule has 0 amide bonds. The van der Waals surface area contributed by atoms with E-state index in [1.807, 2.05) is 109 Å². The molecule has 0 aliphatic carbocycles. The molecular weight excluding hydrogens is 475 g/mol. The zero-order chi connectivity index (χ0) is 25.4. The number of benzene rings is 4. The predicted octanol–water partition coefficient (Wildman–Crippen LogP) is 6.37. The fourth-order valence-corrected chi connectivity index (χ4v) is 4.82. The van der Waals surface area contributed by atoms with Crippen molar-refractivity contribution in [2.75, 3.05) is 20.6 Å². The summed E-state index contributed by atoms with van der Waals surface area (Å²) in [6.45, 7) is 0.00138. The Morgan fingerprint density at radius 2 is 1.11 bits per heavy atom. The normalized spacial score (nSPS) is 13.1. The Morgan fingerprint density at radius 3 is 1.58 bits per heavy atom. The fraction of sp³-hybridized carbons (Fsp3) is 0.172. The first-order chi connectivity index (χ1) is 17.5. The first-order valence-corrected chi connectivity index (χ1v) is 13.2. The van der Waals surface area contributed by atoms with E-state index in [0.717, 1.165) is 22.3 Å². The molecule has 0 bridgehead atoms. The SMILES string of the molecule is COc1ccc(C(OCP(=O)(O)OCc2ccccc2)(c2ccccc2)c2ccc(OC)cc2)cc1. The molecule has 1 N–H and O–H groups in total. The minimum Gasteiger partial charge on any atom is -0.497 e. The van der Waals surface area contributed by atoms with Crippen LogP contribution in [-0.4, -0.2) is 25.5 Å². The van der Waals surface area contributed by atoms with Gasteiger partial charge in [-0.05, 0) is 46.5 Å². The molecule has 0 aromatic heterocycles. The number of methoxy groups -OCH3 is 2. The first-order valence-electron chi connectivity index (χ1n) is 11.5. The Bertz CT molecular complexity index is 1230. The fourth-order valence-electron chi connectivity index (χ4n) is 4.04. The lowest BCUT2D eigenvalue weighted by Gasteiger charge is -2.36. The molecular formula is C29H29O6P. The summed E-state index contributed by atoms with van der Waals surface area (Å²) in [5, 5.41) is 0. The molecule has 4 aromatic carbocycles. The smallest absolute Gasteiger partial charge is 0.353 e. The van der Waals surface area contributed by atoms with Gasteiger partial charge in [0.2, 0.25) is 0 Å². The summed E-state index contributed by atoms with van der Waals surface area (Å²) in [5.41, 5.74) is 1.93. The highest BCUT2D eigenvalue weighted by Gasteiger charge is 2.40. The van der Waals surface area contributed by atoms with Crippen molar-refractivity contribution in [3.63, 3.8) is 0 Å². The quantitative estimate of drug-likeness (QED) is 0.189. The second kappa shape index (κ2) is 11.5. The van der Waals surface area contributed by atoms with Crippen LogP contribution >= 0.6 is 7.60 Å². The molecule has 36 heavy (non-hydrogen) atoms. The van der Waals surface area contributed by atoms with Crippen LogP contribution in [0.5, 0.6) is 11.5 Å². The summed E-state index contributed by atoms with van der Waals surface area (Å²) in [4.78, 5) is 10.7. The predicted molar refractivity (Wildman–Crippen MR) is 139 cm³/mol. The number of hydrogen-bond acceptors (Lipinski definition) is 5. The van der Waals surface area contributed by atoms with Gasteiger partial charge in [0.05, 0.1) is 20.8 Å². The molecule has 1 atom stereocenters. The van der Waals surface area contributed by atoms with Gasteiger partial charge in [0, 0.05) is 0 Å². The Hall–Kier alpha value is -3.41. The van der Waals surface area contributed by atoms with Gasteiger partial charge in [0.25, 0.3) is 0 Å². The summed E-state index contributed by atoms with van der Waals surface area (Å²) in [7, 11) is -0.913. The molecule has 0 heterocycles. The minimum absolute atomic E-state index is 0.00138. The Labute approximate surface area is 211 Å². The Balaban J connectivity index is 1.75. The van der Waals surface area contributed by atoms with Crippen molar-refractivity contribution >= 4 is 7.60 Å². The molecule has 0 saturated heterocycles. The highest BCUT2D eigenvalue weighted by Crippen LogP contribution is 2.48. The van der Waals surface area contributed by atoms with Crippen molar-refractivity contribution in [3.05, 3.63) is 131 Å². The lowest BCUT2D eigenvalue weighted by Crippen LogP contribution is -2.33. The highest BCUT2D eigenvalue weighted by molar-refractivity contribution is 7.52. The average molecular weight is 505 g/mol. The molecule has 0 radical (unpaired) electrons. The van der Waals surface area contributed by atoms with Crippen LogP contribution in [0.1, 0.15) is 22.3 Å². The second-order valence-electron chi connectivity index (χ2n) is 8.17. The summed E-state index contributed by atoms with van der Waals surface area (Å²) in [6.07, 6.45) is -0.521. The van der Waals surface area contributed by atoms with E-state index in [1.165, 1.54) is 0 Å². The molecule has 0 aliphatic rings. The van der Waals surface area contributed by atoms with Crippen LogP contribution in [0.25, 0.3) is 0 Å². The molecule has 186 valence electrons. The van der Waals surface area contributed by atoms with Gasteiger partial charge in [-0.1, -0.05) is 84.9 Å². The molecule has 6 nitrogen and oxygen atoms in total. The van der Waals surface area contributed by atoms with Crippen LogP contribution < -0.4 is 9.47 Å². The van der Waals surface area contributed by atoms with Gasteiger partial charge in [-0.3, -0.25) is 4.57 Å². The van der Waals surface area contributed by atoms with Crippen molar-refractivity contribution in [2.45, 2.75) is 12.2 Å². The third-order valence-corrected chi connectivity index (χ3v) is 6.88. The maximum Gasteiger partial charge on any atom is 0.353 e. The first kappa shape index (κ1) is 25.7. The summed E-state index contributed by atoms with van der Waals surface area (Å²) in [5.74, 6) is 1.38. The van der Waals surface area contributed by atoms with E-state index in [1.54, 1.807) is 14.2 Å². The molecule has 1 unspecified atom stereocenters. The van der Waals surface area contributed by atoms with Gasteiger partial charge in [-0.2, -0.15) is 0 Å². The van der Waals surface area contributed by atoms with Crippen molar-refractivity contribution in [2.24, 2.45) is 0 Å². The zero-order valence-corrected chi connectivity index (χ0v) is 21.1. The van der Waals surface area contributed by atoms with E-state index in [-0.39, 0.29) is 6.61 Å². The largest absolute Gasteiger partial charge is 0.497 e. The molecule has 0 saturated carbocycles. The monoisotopic (exact) mass is 504 g/mol. The lowest BCUT2D eigenvalue weighted by molar-refractivity contribution is 0.0303. The van der Waals surface area contributed by atoms with E-state index >= 15 is 0 Å². The van der Waals surface area contributed by atoms with E-state index in [0.29, 0.717) is 11.5 Å². The van der Waals surface area contributed by atoms with Gasteiger partial charge in [0.15, 0.2) is 6.35 Å². The van der Waals surface area contributed by atoms with Crippen LogP contribution in [-0.2, 0) is 26.0 Å². The van der Waals surface area contributed by atoms with E-state index < -0.39 is 19.5 Å². The third-order valence-electron chi connectivity index (χ3n) is 5.89. The Morgan fingerprint density at radius 1 is 0.667 bits per heavy atom. The molecule has 4 rings (SSSR count). The van der Waals surface area contributed by atoms with Gasteiger partial charge < -0.3 is 23.6 Å². The molecule has 0 spiro atoms. The minimum atomic E-state index is -4.12. The van der Waals surface area contributed by atoms with Gasteiger partial charge in [-0.25, -0.2) is 0 Å². The maximum absolute atomic E-state index is 13.1. The summed E-state index contributed by atoms with van der Waals surface area (Å²) in [6, 6.07) is 33.8. The van der Waals surface area contributed by atoms with Gasteiger partial charge >= 0.3 is 7.60 Å². The average Bonchev–Trinajstić information content (AvgIpc) is 2.94. The number of rotatable bonds is 11. The van der Waals surface area contributed by atoms with Gasteiger partial charge in [0.1, 0.15) is 17.1 Å². The van der Waals surface area contributed by atoms with Crippen LogP contribution in [0, 0.1) is 0 Å². The van der Waals surface area contributed by atoms with Crippen LogP contribution in [0.2, 0.25) is 0 Å². The molecule has 7 heteroatoms. The van der Waals surface area contributed by atoms with Crippen LogP contribution in [0.15, 0.2) is 109 Å². The summed E-state index contributed by atoms with van der Waals surface area (Å²) >= 11 is 0. The van der Waals surface area contributed by atoms with E-state index in [9.17, 15) is 9.46 Å². The van der Waals surface area contributed by atoms with Gasteiger partial charge in [-0.15, -0.1) is 0 Å². The maximum atomic E-state index is 13.1. The van der Waals surface area contributed by atoms with Crippen LogP contribution in [0.4, 0.5) is 0 Å². The zero-order valence-electron chi connectivity index (χ0n) is 20.2. The van der Waals surface area contributed by atoms with Crippen LogP contribution in [0.3, 0.4) is 0 Å². The summed E-state index contributed by atoms with van der Waals surface area (Å²) < 4.78 is 35.7. The Kier molecular flexibility index (Phi) is 8.24. The standard InChI is InChI=1S/C29H29O6P/c1-32-27-17-13-25(14-18-27)29(24-11-7-4-8-12-24,26-15-19-28(33-2)20-16-26)34-22-36(30,31)35-21-23-9-5-3-6-10-23/h3-20H,21-22H2,1-2H3,(H,30,31). The van der Waals surface area contributed by atoms with Crippen molar-refractivity contribution in [1.82, 2.24) is 0 Å².